The average Bonchev–Trinajstić information content (AvgIpc) is 3.12. The van der Waals surface area contributed by atoms with E-state index in [1.54, 1.807) is 4.90 Å². The first-order valence-electron chi connectivity index (χ1n) is 8.30. The first kappa shape index (κ1) is 17.7. The van der Waals surface area contributed by atoms with Crippen molar-refractivity contribution < 1.29 is 17.6 Å². The van der Waals surface area contributed by atoms with E-state index in [1.807, 2.05) is 12.1 Å². The van der Waals surface area contributed by atoms with Gasteiger partial charge in [-0.2, -0.15) is 0 Å². The monoisotopic (exact) mass is 362 g/mol. The fourth-order valence-corrected chi connectivity index (χ4v) is 3.55. The average molecular weight is 362 g/mol. The van der Waals surface area contributed by atoms with Crippen LogP contribution in [-0.4, -0.2) is 45.1 Å². The molecule has 2 aromatic rings. The van der Waals surface area contributed by atoms with Crippen LogP contribution in [0.4, 0.5) is 0 Å². The summed E-state index contributed by atoms with van der Waals surface area (Å²) >= 11 is 0. The number of furan rings is 1. The fraction of sp³-hybridized carbons (Fsp3) is 0.389. The largest absolute Gasteiger partial charge is 0.440 e. The van der Waals surface area contributed by atoms with E-state index >= 15 is 0 Å². The topological polar surface area (TPSA) is 79.6 Å². The van der Waals surface area contributed by atoms with Crippen LogP contribution in [0.15, 0.2) is 45.9 Å². The molecule has 1 saturated heterocycles. The van der Waals surface area contributed by atoms with E-state index in [9.17, 15) is 13.2 Å². The summed E-state index contributed by atoms with van der Waals surface area (Å²) in [5.74, 6) is -0.238. The number of nitrogens with one attached hydrogen (secondary N) is 1. The highest BCUT2D eigenvalue weighted by atomic mass is 32.2. The van der Waals surface area contributed by atoms with Gasteiger partial charge in [0.05, 0.1) is 6.04 Å². The molecule has 6 nitrogen and oxygen atoms in total. The lowest BCUT2D eigenvalue weighted by atomic mass is 10.0. The maximum Gasteiger partial charge on any atom is 0.290 e. The summed E-state index contributed by atoms with van der Waals surface area (Å²) in [7, 11) is -3.47. The minimum absolute atomic E-state index is 0.0532. The molecule has 7 heteroatoms. The molecule has 134 valence electrons. The summed E-state index contributed by atoms with van der Waals surface area (Å²) in [6.45, 7) is 3.98. The molecule has 1 aliphatic rings. The Kier molecular flexibility index (Phi) is 4.96. The van der Waals surface area contributed by atoms with Crippen LogP contribution in [0.1, 0.15) is 34.6 Å². The lowest BCUT2D eigenvalue weighted by Gasteiger charge is -2.36. The molecule has 3 rings (SSSR count). The lowest BCUT2D eigenvalue weighted by Crippen LogP contribution is -2.48. The normalized spacial score (nSPS) is 18.3. The molecule has 2 heterocycles. The number of amides is 1. The number of hydrogen-bond acceptors (Lipinski definition) is 5. The quantitative estimate of drug-likeness (QED) is 0.900. The van der Waals surface area contributed by atoms with Crippen molar-refractivity contribution in [2.75, 3.05) is 25.9 Å². The van der Waals surface area contributed by atoms with Gasteiger partial charge in [0.1, 0.15) is 0 Å². The predicted molar refractivity (Wildman–Crippen MR) is 94.3 cm³/mol. The molecule has 1 aromatic heterocycles. The molecule has 0 bridgehead atoms. The smallest absolute Gasteiger partial charge is 0.290 e. The number of nitrogens with zero attached hydrogens (tertiary/aromatic N) is 1. The first-order valence-corrected chi connectivity index (χ1v) is 10.2. The van der Waals surface area contributed by atoms with Gasteiger partial charge in [-0.05, 0) is 29.7 Å². The number of piperazine rings is 1. The van der Waals surface area contributed by atoms with Crippen LogP contribution in [0.3, 0.4) is 0 Å². The molecule has 0 saturated carbocycles. The van der Waals surface area contributed by atoms with Gasteiger partial charge in [0.2, 0.25) is 14.9 Å². The Morgan fingerprint density at radius 1 is 1.24 bits per heavy atom. The van der Waals surface area contributed by atoms with Crippen molar-refractivity contribution in [1.29, 1.82) is 0 Å². The highest BCUT2D eigenvalue weighted by Gasteiger charge is 2.30. The van der Waals surface area contributed by atoms with Crippen LogP contribution in [0.2, 0.25) is 0 Å². The standard InChI is InChI=1S/C18H22N2O4S/c1-3-13-4-6-14(7-5-13)15-12-19-10-11-20(15)18(21)16-8-9-17(24-16)25(2,22)23/h4-9,15,19H,3,10-12H2,1-2H3. The molecule has 25 heavy (non-hydrogen) atoms. The van der Waals surface area contributed by atoms with Gasteiger partial charge >= 0.3 is 0 Å². The molecule has 1 atom stereocenters. The molecule has 1 unspecified atom stereocenters. The van der Waals surface area contributed by atoms with E-state index in [1.165, 1.54) is 17.7 Å². The third-order valence-corrected chi connectivity index (χ3v) is 5.38. The minimum Gasteiger partial charge on any atom is -0.440 e. The van der Waals surface area contributed by atoms with E-state index in [-0.39, 0.29) is 22.8 Å². The Bertz CT molecular complexity index is 855. The highest BCUT2D eigenvalue weighted by molar-refractivity contribution is 7.90. The van der Waals surface area contributed by atoms with Crippen molar-refractivity contribution in [1.82, 2.24) is 10.2 Å². The summed E-state index contributed by atoms with van der Waals surface area (Å²) in [6.07, 6.45) is 2.02. The number of benzene rings is 1. The van der Waals surface area contributed by atoms with Gasteiger partial charge in [0.25, 0.3) is 5.91 Å². The van der Waals surface area contributed by atoms with Crippen molar-refractivity contribution in [2.24, 2.45) is 0 Å². The third-order valence-electron chi connectivity index (χ3n) is 4.43. The molecular weight excluding hydrogens is 340 g/mol. The van der Waals surface area contributed by atoms with Crippen LogP contribution >= 0.6 is 0 Å². The molecule has 0 radical (unpaired) electrons. The van der Waals surface area contributed by atoms with Gasteiger partial charge in [0, 0.05) is 25.9 Å². The zero-order valence-corrected chi connectivity index (χ0v) is 15.2. The van der Waals surface area contributed by atoms with E-state index in [0.717, 1.165) is 18.2 Å². The number of carbonyl (C=O) groups excluding carboxylic acids is 1. The summed E-state index contributed by atoms with van der Waals surface area (Å²) in [5.41, 5.74) is 2.29. The third kappa shape index (κ3) is 3.77. The minimum atomic E-state index is -3.47. The molecule has 1 amide bonds. The Hall–Kier alpha value is -2.12. The van der Waals surface area contributed by atoms with Gasteiger partial charge in [-0.15, -0.1) is 0 Å². The van der Waals surface area contributed by atoms with E-state index in [0.29, 0.717) is 19.6 Å². The van der Waals surface area contributed by atoms with Crippen molar-refractivity contribution in [3.05, 3.63) is 53.3 Å². The second kappa shape index (κ2) is 7.01. The predicted octanol–water partition coefficient (Wildman–Crippen LogP) is 2.03. The molecule has 1 aromatic carbocycles. The van der Waals surface area contributed by atoms with Gasteiger partial charge in [-0.1, -0.05) is 31.2 Å². The maximum absolute atomic E-state index is 12.9. The van der Waals surface area contributed by atoms with Gasteiger partial charge < -0.3 is 14.6 Å². The number of carbonyl (C=O) groups is 1. The molecule has 1 N–H and O–H groups in total. The Labute approximate surface area is 147 Å². The van der Waals surface area contributed by atoms with Crippen LogP contribution in [-0.2, 0) is 16.3 Å². The fourth-order valence-electron chi connectivity index (χ4n) is 3.00. The molecule has 1 fully saturated rings. The Morgan fingerprint density at radius 2 is 1.96 bits per heavy atom. The maximum atomic E-state index is 12.9. The second-order valence-electron chi connectivity index (χ2n) is 6.20. The van der Waals surface area contributed by atoms with Crippen molar-refractivity contribution in [3.63, 3.8) is 0 Å². The van der Waals surface area contributed by atoms with Crippen LogP contribution in [0, 0.1) is 0 Å². The number of rotatable bonds is 4. The molecular formula is C18H22N2O4S. The van der Waals surface area contributed by atoms with Gasteiger partial charge in [-0.3, -0.25) is 4.79 Å². The van der Waals surface area contributed by atoms with E-state index in [2.05, 4.69) is 24.4 Å². The van der Waals surface area contributed by atoms with Crippen LogP contribution in [0.5, 0.6) is 0 Å². The number of aryl methyl sites for hydroxylation is 1. The lowest BCUT2D eigenvalue weighted by molar-refractivity contribution is 0.0596. The molecule has 1 aliphatic heterocycles. The summed E-state index contributed by atoms with van der Waals surface area (Å²) in [5, 5.41) is 3.12. The van der Waals surface area contributed by atoms with Crippen LogP contribution < -0.4 is 5.32 Å². The van der Waals surface area contributed by atoms with Crippen LogP contribution in [0.25, 0.3) is 0 Å². The molecule has 0 spiro atoms. The van der Waals surface area contributed by atoms with Crippen molar-refractivity contribution in [2.45, 2.75) is 24.5 Å². The van der Waals surface area contributed by atoms with Crippen molar-refractivity contribution >= 4 is 15.7 Å². The summed E-state index contributed by atoms with van der Waals surface area (Å²) in [4.78, 5) is 14.6. The number of sulfone groups is 1. The van der Waals surface area contributed by atoms with Gasteiger partial charge in [-0.25, -0.2) is 8.42 Å². The zero-order valence-electron chi connectivity index (χ0n) is 14.4. The summed E-state index contributed by atoms with van der Waals surface area (Å²) < 4.78 is 28.4. The van der Waals surface area contributed by atoms with Crippen molar-refractivity contribution in [3.8, 4) is 0 Å². The zero-order chi connectivity index (χ0) is 18.0. The SMILES string of the molecule is CCc1ccc(C2CNCCN2C(=O)c2ccc(S(C)(=O)=O)o2)cc1. The first-order chi connectivity index (χ1) is 11.9. The Morgan fingerprint density at radius 3 is 2.56 bits per heavy atom. The molecule has 0 aliphatic carbocycles. The van der Waals surface area contributed by atoms with Gasteiger partial charge in [0.15, 0.2) is 5.76 Å². The highest BCUT2D eigenvalue weighted by Crippen LogP contribution is 2.26. The Balaban J connectivity index is 1.87. The number of hydrogen-bond donors (Lipinski definition) is 1. The van der Waals surface area contributed by atoms with E-state index in [4.69, 9.17) is 4.42 Å². The summed E-state index contributed by atoms with van der Waals surface area (Å²) in [6, 6.07) is 10.9. The second-order valence-corrected chi connectivity index (χ2v) is 8.15. The van der Waals surface area contributed by atoms with E-state index < -0.39 is 9.84 Å².